The number of nitrogens with one attached hydrogen (secondary N) is 2. The van der Waals surface area contributed by atoms with Gasteiger partial charge in [-0.2, -0.15) is 0 Å². The molecule has 1 aliphatic rings. The maximum Gasteiger partial charge on any atom is 0.191 e. The number of likely N-dealkylation sites (N-methyl/N-ethyl adjacent to an activating group) is 1. The van der Waals surface area contributed by atoms with Crippen molar-refractivity contribution in [1.82, 2.24) is 15.5 Å². The first-order valence-corrected chi connectivity index (χ1v) is 10.8. The number of ether oxygens (including phenoxy) is 2. The average molecular weight is 553 g/mol. The first-order chi connectivity index (χ1) is 15.1. The Morgan fingerprint density at radius 2 is 1.81 bits per heavy atom. The summed E-state index contributed by atoms with van der Waals surface area (Å²) in [6.07, 6.45) is 1.05. The molecule has 0 bridgehead atoms. The van der Waals surface area contributed by atoms with E-state index in [1.54, 1.807) is 14.2 Å². The van der Waals surface area contributed by atoms with Gasteiger partial charge in [0.05, 0.1) is 14.2 Å². The van der Waals surface area contributed by atoms with Crippen LogP contribution in [0.3, 0.4) is 0 Å². The van der Waals surface area contributed by atoms with Crippen molar-refractivity contribution < 1.29 is 9.47 Å². The number of methoxy groups -OCH3 is 2. The van der Waals surface area contributed by atoms with Crippen LogP contribution >= 0.6 is 24.0 Å². The highest BCUT2D eigenvalue weighted by Gasteiger charge is 2.24. The highest BCUT2D eigenvalue weighted by Crippen LogP contribution is 2.30. The minimum Gasteiger partial charge on any atom is -0.497 e. The monoisotopic (exact) mass is 553 g/mol. The van der Waals surface area contributed by atoms with Crippen molar-refractivity contribution >= 4 is 35.6 Å². The van der Waals surface area contributed by atoms with Crippen LogP contribution in [0, 0.1) is 0 Å². The van der Waals surface area contributed by atoms with Gasteiger partial charge in [-0.3, -0.25) is 4.99 Å². The highest BCUT2D eigenvalue weighted by molar-refractivity contribution is 14.0. The minimum absolute atomic E-state index is 0. The molecule has 1 saturated heterocycles. The van der Waals surface area contributed by atoms with E-state index in [4.69, 9.17) is 9.47 Å². The van der Waals surface area contributed by atoms with E-state index in [-0.39, 0.29) is 24.0 Å². The fraction of sp³-hybridized carbons (Fsp3) is 0.458. The van der Waals surface area contributed by atoms with Crippen LogP contribution in [0.2, 0.25) is 0 Å². The summed E-state index contributed by atoms with van der Waals surface area (Å²) in [6.45, 7) is 4.61. The second-order valence-corrected chi connectivity index (χ2v) is 7.87. The Balaban J connectivity index is 0.00000363. The number of rotatable bonds is 9. The molecule has 2 N–H and O–H groups in total. The lowest BCUT2D eigenvalue weighted by Gasteiger charge is -2.22. The number of hydrogen-bond acceptors (Lipinski definition) is 5. The van der Waals surface area contributed by atoms with E-state index in [0.29, 0.717) is 6.04 Å². The number of benzene rings is 2. The second-order valence-electron chi connectivity index (χ2n) is 7.87. The maximum atomic E-state index is 5.41. The summed E-state index contributed by atoms with van der Waals surface area (Å²) in [6, 6.07) is 16.9. The molecule has 176 valence electrons. The number of aliphatic imine (C=N–C) groups is 1. The van der Waals surface area contributed by atoms with Crippen molar-refractivity contribution in [2.24, 2.45) is 4.99 Å². The molecule has 8 heteroatoms. The van der Waals surface area contributed by atoms with E-state index in [1.807, 2.05) is 13.1 Å². The van der Waals surface area contributed by atoms with E-state index in [1.165, 1.54) is 5.56 Å². The van der Waals surface area contributed by atoms with Crippen LogP contribution in [0.5, 0.6) is 11.5 Å². The lowest BCUT2D eigenvalue weighted by atomic mass is 10.2. The van der Waals surface area contributed by atoms with Crippen molar-refractivity contribution in [1.29, 1.82) is 0 Å². The predicted octanol–water partition coefficient (Wildman–Crippen LogP) is 3.20. The molecule has 3 rings (SSSR count). The molecule has 0 spiro atoms. The number of nitrogens with zero attached hydrogens (tertiary/aromatic N) is 3. The van der Waals surface area contributed by atoms with Crippen LogP contribution < -0.4 is 25.0 Å². The fourth-order valence-corrected chi connectivity index (χ4v) is 3.81. The molecular weight excluding hydrogens is 517 g/mol. The number of halogens is 1. The molecule has 1 heterocycles. The average Bonchev–Trinajstić information content (AvgIpc) is 3.27. The van der Waals surface area contributed by atoms with Crippen molar-refractivity contribution in [2.45, 2.75) is 19.0 Å². The molecule has 0 aromatic heterocycles. The molecule has 2 aromatic rings. The normalized spacial score (nSPS) is 16.0. The third-order valence-electron chi connectivity index (χ3n) is 5.54. The van der Waals surface area contributed by atoms with Gasteiger partial charge in [0.25, 0.3) is 0 Å². The SMILES string of the molecule is CN=C(NCCN(C)Cc1ccccc1)NC1CCN(c2cc(OC)cc(OC)c2)C1.I. The van der Waals surface area contributed by atoms with Gasteiger partial charge in [-0.25, -0.2) is 0 Å². The second kappa shape index (κ2) is 13.4. The molecule has 1 aliphatic heterocycles. The molecular formula is C24H36IN5O2. The number of anilines is 1. The third kappa shape index (κ3) is 7.74. The lowest BCUT2D eigenvalue weighted by Crippen LogP contribution is -2.46. The van der Waals surface area contributed by atoms with Crippen molar-refractivity contribution in [3.05, 3.63) is 54.1 Å². The Kier molecular flexibility index (Phi) is 10.9. The van der Waals surface area contributed by atoms with Gasteiger partial charge in [-0.05, 0) is 19.0 Å². The van der Waals surface area contributed by atoms with Crippen LogP contribution in [-0.2, 0) is 6.54 Å². The predicted molar refractivity (Wildman–Crippen MR) is 143 cm³/mol. The number of guanidine groups is 1. The van der Waals surface area contributed by atoms with E-state index < -0.39 is 0 Å². The van der Waals surface area contributed by atoms with Crippen molar-refractivity contribution in [2.75, 3.05) is 59.4 Å². The Morgan fingerprint density at radius 3 is 2.44 bits per heavy atom. The summed E-state index contributed by atoms with van der Waals surface area (Å²) in [5.74, 6) is 2.47. The zero-order valence-electron chi connectivity index (χ0n) is 19.5. The first kappa shape index (κ1) is 26.1. The highest BCUT2D eigenvalue weighted by atomic mass is 127. The van der Waals surface area contributed by atoms with Gasteiger partial charge in [0.2, 0.25) is 0 Å². The molecule has 0 amide bonds. The zero-order chi connectivity index (χ0) is 22.1. The third-order valence-corrected chi connectivity index (χ3v) is 5.54. The fourth-order valence-electron chi connectivity index (χ4n) is 3.81. The number of hydrogen-bond donors (Lipinski definition) is 2. The zero-order valence-corrected chi connectivity index (χ0v) is 21.8. The van der Waals surface area contributed by atoms with Gasteiger partial charge < -0.3 is 29.9 Å². The van der Waals surface area contributed by atoms with E-state index in [2.05, 4.69) is 74.9 Å². The van der Waals surface area contributed by atoms with Crippen molar-refractivity contribution in [3.63, 3.8) is 0 Å². The molecule has 0 aliphatic carbocycles. The lowest BCUT2D eigenvalue weighted by molar-refractivity contribution is 0.331. The summed E-state index contributed by atoms with van der Waals surface area (Å²) in [7, 11) is 7.32. The molecule has 1 atom stereocenters. The summed E-state index contributed by atoms with van der Waals surface area (Å²) in [5, 5.41) is 7.00. The van der Waals surface area contributed by atoms with Crippen LogP contribution in [0.25, 0.3) is 0 Å². The Hall–Kier alpha value is -2.20. The Bertz CT molecular complexity index is 827. The Labute approximate surface area is 209 Å². The Morgan fingerprint density at radius 1 is 1.12 bits per heavy atom. The standard InChI is InChI=1S/C24H35N5O2.HI/c1-25-24(26-11-13-28(2)17-19-8-6-5-7-9-19)27-20-10-12-29(18-20)21-14-22(30-3)16-23(15-21)31-4;/h5-9,14-16,20H,10-13,17-18H2,1-4H3,(H2,25,26,27);1H. The van der Waals surface area contributed by atoms with Gasteiger partial charge >= 0.3 is 0 Å². The quantitative estimate of drug-likeness (QED) is 0.283. The minimum atomic E-state index is 0. The smallest absolute Gasteiger partial charge is 0.191 e. The summed E-state index contributed by atoms with van der Waals surface area (Å²) in [5.41, 5.74) is 2.44. The molecule has 0 saturated carbocycles. The molecule has 0 radical (unpaired) electrons. The molecule has 7 nitrogen and oxygen atoms in total. The molecule has 32 heavy (non-hydrogen) atoms. The first-order valence-electron chi connectivity index (χ1n) is 10.8. The van der Waals surface area contributed by atoms with Crippen molar-refractivity contribution in [3.8, 4) is 11.5 Å². The van der Waals surface area contributed by atoms with Gasteiger partial charge in [0.15, 0.2) is 5.96 Å². The van der Waals surface area contributed by atoms with Crippen LogP contribution in [0.15, 0.2) is 53.5 Å². The largest absolute Gasteiger partial charge is 0.497 e. The maximum absolute atomic E-state index is 5.41. The van der Waals surface area contributed by atoms with Crippen LogP contribution in [-0.4, -0.2) is 71.4 Å². The summed E-state index contributed by atoms with van der Waals surface area (Å²) < 4.78 is 10.8. The molecule has 1 unspecified atom stereocenters. The summed E-state index contributed by atoms with van der Waals surface area (Å²) >= 11 is 0. The van der Waals surface area contributed by atoms with Gasteiger partial charge in [0.1, 0.15) is 11.5 Å². The topological polar surface area (TPSA) is 61.4 Å². The van der Waals surface area contributed by atoms with Crippen LogP contribution in [0.4, 0.5) is 5.69 Å². The van der Waals surface area contributed by atoms with Gasteiger partial charge in [-0.15, -0.1) is 24.0 Å². The van der Waals surface area contributed by atoms with Gasteiger partial charge in [-0.1, -0.05) is 30.3 Å². The van der Waals surface area contributed by atoms with E-state index >= 15 is 0 Å². The van der Waals surface area contributed by atoms with Crippen LogP contribution in [0.1, 0.15) is 12.0 Å². The van der Waals surface area contributed by atoms with Gasteiger partial charge in [0, 0.05) is 69.7 Å². The van der Waals surface area contributed by atoms with E-state index in [9.17, 15) is 0 Å². The van der Waals surface area contributed by atoms with E-state index in [0.717, 1.165) is 62.3 Å². The molecule has 1 fully saturated rings. The molecule has 2 aromatic carbocycles. The summed E-state index contributed by atoms with van der Waals surface area (Å²) in [4.78, 5) is 9.06.